The van der Waals surface area contributed by atoms with Crippen molar-refractivity contribution in [1.82, 2.24) is 5.32 Å². The first kappa shape index (κ1) is 16.2. The summed E-state index contributed by atoms with van der Waals surface area (Å²) < 4.78 is 5.53. The fourth-order valence-electron chi connectivity index (χ4n) is 1.96. The van der Waals surface area contributed by atoms with E-state index >= 15 is 0 Å². The molecule has 0 spiro atoms. The summed E-state index contributed by atoms with van der Waals surface area (Å²) in [6.45, 7) is 12.3. The first-order valence-electron chi connectivity index (χ1n) is 7.44. The van der Waals surface area contributed by atoms with E-state index < -0.39 is 0 Å². The topological polar surface area (TPSA) is 21.3 Å². The molecule has 1 aromatic rings. The molecular weight excluding hydrogens is 234 g/mol. The van der Waals surface area contributed by atoms with Crippen LogP contribution in [-0.4, -0.2) is 19.8 Å². The molecule has 1 rings (SSSR count). The molecule has 0 unspecified atom stereocenters. The normalized spacial score (nSPS) is 11.5. The van der Waals surface area contributed by atoms with Crippen molar-refractivity contribution in [2.24, 2.45) is 11.8 Å². The van der Waals surface area contributed by atoms with Crippen molar-refractivity contribution >= 4 is 0 Å². The lowest BCUT2D eigenvalue weighted by molar-refractivity contribution is 0.111. The summed E-state index contributed by atoms with van der Waals surface area (Å²) in [4.78, 5) is 0. The van der Waals surface area contributed by atoms with Crippen molar-refractivity contribution in [1.29, 1.82) is 0 Å². The number of ether oxygens (including phenoxy) is 1. The Hall–Kier alpha value is -0.860. The predicted octanol–water partition coefficient (Wildman–Crippen LogP) is 3.65. The fraction of sp³-hybridized carbons (Fsp3) is 0.647. The molecule has 0 atom stereocenters. The molecule has 0 radical (unpaired) electrons. The second-order valence-electron chi connectivity index (χ2n) is 6.06. The third kappa shape index (κ3) is 8.02. The van der Waals surface area contributed by atoms with E-state index in [0.29, 0.717) is 5.92 Å². The summed E-state index contributed by atoms with van der Waals surface area (Å²) >= 11 is 0. The van der Waals surface area contributed by atoms with Gasteiger partial charge in [-0.15, -0.1) is 0 Å². The van der Waals surface area contributed by atoms with Crippen LogP contribution in [0.4, 0.5) is 0 Å². The summed E-state index contributed by atoms with van der Waals surface area (Å²) in [6, 6.07) is 8.93. The van der Waals surface area contributed by atoms with Crippen LogP contribution in [0.1, 0.15) is 38.8 Å². The molecule has 1 aromatic carbocycles. The highest BCUT2D eigenvalue weighted by Crippen LogP contribution is 2.09. The lowest BCUT2D eigenvalue weighted by atomic mass is 10.0. The minimum atomic E-state index is 0.619. The van der Waals surface area contributed by atoms with Gasteiger partial charge < -0.3 is 10.1 Å². The molecule has 0 saturated carbocycles. The van der Waals surface area contributed by atoms with E-state index in [1.807, 2.05) is 0 Å². The maximum Gasteiger partial charge on any atom is 0.0591 e. The molecule has 0 aliphatic heterocycles. The van der Waals surface area contributed by atoms with E-state index in [2.05, 4.69) is 57.3 Å². The van der Waals surface area contributed by atoms with Gasteiger partial charge in [-0.2, -0.15) is 0 Å². The second-order valence-corrected chi connectivity index (χ2v) is 6.06. The molecule has 0 aliphatic rings. The molecule has 0 fully saturated rings. The summed E-state index contributed by atoms with van der Waals surface area (Å²) in [5.74, 6) is 1.34. The number of hydrogen-bond acceptors (Lipinski definition) is 2. The average molecular weight is 263 g/mol. The highest BCUT2D eigenvalue weighted by Gasteiger charge is 1.98. The zero-order chi connectivity index (χ0) is 14.1. The average Bonchev–Trinajstić information content (AvgIpc) is 2.34. The molecule has 2 heteroatoms. The molecule has 0 aromatic heterocycles. The maximum atomic E-state index is 5.53. The SMILES string of the molecule is CC(C)COCCNCc1ccc(CC(C)C)cc1. The third-order valence-corrected chi connectivity index (χ3v) is 2.87. The standard InChI is InChI=1S/C17H29NO/c1-14(2)11-16-5-7-17(8-6-16)12-18-9-10-19-13-15(3)4/h5-8,14-15,18H,9-13H2,1-4H3. The predicted molar refractivity (Wildman–Crippen MR) is 82.3 cm³/mol. The van der Waals surface area contributed by atoms with Crippen LogP contribution >= 0.6 is 0 Å². The Morgan fingerprint density at radius 3 is 2.16 bits per heavy atom. The quantitative estimate of drug-likeness (QED) is 0.687. The number of benzene rings is 1. The molecule has 19 heavy (non-hydrogen) atoms. The Balaban J connectivity index is 2.16. The van der Waals surface area contributed by atoms with Crippen LogP contribution in [0.2, 0.25) is 0 Å². The van der Waals surface area contributed by atoms with Gasteiger partial charge in [-0.1, -0.05) is 52.0 Å². The smallest absolute Gasteiger partial charge is 0.0591 e. The van der Waals surface area contributed by atoms with Gasteiger partial charge >= 0.3 is 0 Å². The van der Waals surface area contributed by atoms with Crippen molar-refractivity contribution in [3.8, 4) is 0 Å². The molecule has 2 nitrogen and oxygen atoms in total. The van der Waals surface area contributed by atoms with Crippen molar-refractivity contribution in [2.75, 3.05) is 19.8 Å². The highest BCUT2D eigenvalue weighted by molar-refractivity contribution is 5.22. The number of nitrogens with one attached hydrogen (secondary N) is 1. The summed E-state index contributed by atoms with van der Waals surface area (Å²) in [5.41, 5.74) is 2.77. The summed E-state index contributed by atoms with van der Waals surface area (Å²) in [5, 5.41) is 3.41. The van der Waals surface area contributed by atoms with Gasteiger partial charge in [-0.05, 0) is 29.4 Å². The van der Waals surface area contributed by atoms with Crippen LogP contribution in [0, 0.1) is 11.8 Å². The Kier molecular flexibility index (Phi) is 7.76. The molecule has 108 valence electrons. The lowest BCUT2D eigenvalue weighted by Gasteiger charge is -2.09. The Bertz CT molecular complexity index is 330. The second kappa shape index (κ2) is 9.11. The van der Waals surface area contributed by atoms with E-state index in [9.17, 15) is 0 Å². The van der Waals surface area contributed by atoms with E-state index in [4.69, 9.17) is 4.74 Å². The maximum absolute atomic E-state index is 5.53. The van der Waals surface area contributed by atoms with E-state index in [1.165, 1.54) is 11.1 Å². The van der Waals surface area contributed by atoms with Gasteiger partial charge in [-0.25, -0.2) is 0 Å². The van der Waals surface area contributed by atoms with Crippen molar-refractivity contribution in [3.05, 3.63) is 35.4 Å². The van der Waals surface area contributed by atoms with Gasteiger partial charge in [0, 0.05) is 19.7 Å². The fourth-order valence-corrected chi connectivity index (χ4v) is 1.96. The van der Waals surface area contributed by atoms with Crippen LogP contribution in [0.25, 0.3) is 0 Å². The van der Waals surface area contributed by atoms with E-state index in [0.717, 1.165) is 38.6 Å². The van der Waals surface area contributed by atoms with Crippen LogP contribution < -0.4 is 5.32 Å². The van der Waals surface area contributed by atoms with Crippen LogP contribution in [0.15, 0.2) is 24.3 Å². The van der Waals surface area contributed by atoms with Crippen LogP contribution in [0.3, 0.4) is 0 Å². The van der Waals surface area contributed by atoms with Crippen molar-refractivity contribution in [2.45, 2.75) is 40.7 Å². The largest absolute Gasteiger partial charge is 0.380 e. The van der Waals surface area contributed by atoms with Gasteiger partial charge in [0.2, 0.25) is 0 Å². The minimum absolute atomic E-state index is 0.619. The Labute approximate surface area is 118 Å². The van der Waals surface area contributed by atoms with Crippen LogP contribution in [-0.2, 0) is 17.7 Å². The number of hydrogen-bond donors (Lipinski definition) is 1. The zero-order valence-electron chi connectivity index (χ0n) is 12.9. The van der Waals surface area contributed by atoms with Gasteiger partial charge in [0.25, 0.3) is 0 Å². The third-order valence-electron chi connectivity index (χ3n) is 2.87. The molecule has 0 saturated heterocycles. The number of rotatable bonds is 9. The molecular formula is C17H29NO. The van der Waals surface area contributed by atoms with E-state index in [-0.39, 0.29) is 0 Å². The van der Waals surface area contributed by atoms with Gasteiger partial charge in [0.1, 0.15) is 0 Å². The van der Waals surface area contributed by atoms with Gasteiger partial charge in [0.05, 0.1) is 6.61 Å². The first-order chi connectivity index (χ1) is 9.08. The van der Waals surface area contributed by atoms with Crippen molar-refractivity contribution in [3.63, 3.8) is 0 Å². The molecule has 0 aliphatic carbocycles. The molecule has 0 bridgehead atoms. The summed E-state index contributed by atoms with van der Waals surface area (Å²) in [7, 11) is 0. The monoisotopic (exact) mass is 263 g/mol. The Morgan fingerprint density at radius 2 is 1.58 bits per heavy atom. The summed E-state index contributed by atoms with van der Waals surface area (Å²) in [6.07, 6.45) is 1.16. The Morgan fingerprint density at radius 1 is 0.947 bits per heavy atom. The van der Waals surface area contributed by atoms with Gasteiger partial charge in [0.15, 0.2) is 0 Å². The minimum Gasteiger partial charge on any atom is -0.380 e. The highest BCUT2D eigenvalue weighted by atomic mass is 16.5. The first-order valence-corrected chi connectivity index (χ1v) is 7.44. The van der Waals surface area contributed by atoms with Crippen molar-refractivity contribution < 1.29 is 4.74 Å². The van der Waals surface area contributed by atoms with E-state index in [1.54, 1.807) is 0 Å². The van der Waals surface area contributed by atoms with Crippen LogP contribution in [0.5, 0.6) is 0 Å². The molecule has 1 N–H and O–H groups in total. The molecule has 0 heterocycles. The lowest BCUT2D eigenvalue weighted by Crippen LogP contribution is -2.20. The molecule has 0 amide bonds. The van der Waals surface area contributed by atoms with Gasteiger partial charge in [-0.3, -0.25) is 0 Å². The zero-order valence-corrected chi connectivity index (χ0v) is 12.9.